The number of benzene rings is 1. The van der Waals surface area contributed by atoms with Crippen molar-refractivity contribution in [2.45, 2.75) is 32.3 Å². The SMILES string of the molecule is CCN(CC)CCSc1ccc(CO)cc1C. The van der Waals surface area contributed by atoms with Gasteiger partial charge in [0.05, 0.1) is 6.61 Å². The Kier molecular flexibility index (Phi) is 6.63. The lowest BCUT2D eigenvalue weighted by molar-refractivity contribution is 0.281. The molecule has 0 radical (unpaired) electrons. The van der Waals surface area contributed by atoms with Gasteiger partial charge >= 0.3 is 0 Å². The van der Waals surface area contributed by atoms with Gasteiger partial charge in [0, 0.05) is 17.2 Å². The third kappa shape index (κ3) is 4.70. The summed E-state index contributed by atoms with van der Waals surface area (Å²) in [6.45, 7) is 10.0. The average molecular weight is 253 g/mol. The van der Waals surface area contributed by atoms with E-state index in [0.717, 1.165) is 31.0 Å². The Morgan fingerprint density at radius 2 is 1.94 bits per heavy atom. The molecule has 0 fully saturated rings. The van der Waals surface area contributed by atoms with Crippen molar-refractivity contribution >= 4 is 11.8 Å². The first kappa shape index (κ1) is 14.6. The summed E-state index contributed by atoms with van der Waals surface area (Å²) < 4.78 is 0. The summed E-state index contributed by atoms with van der Waals surface area (Å²) in [5.41, 5.74) is 2.26. The molecule has 96 valence electrons. The second-order valence-corrected chi connectivity index (χ2v) is 5.27. The summed E-state index contributed by atoms with van der Waals surface area (Å²) in [5, 5.41) is 9.05. The molecule has 17 heavy (non-hydrogen) atoms. The van der Waals surface area contributed by atoms with E-state index in [2.05, 4.69) is 37.8 Å². The fraction of sp³-hybridized carbons (Fsp3) is 0.571. The van der Waals surface area contributed by atoms with E-state index in [9.17, 15) is 0 Å². The zero-order valence-corrected chi connectivity index (χ0v) is 11.9. The predicted molar refractivity (Wildman–Crippen MR) is 75.6 cm³/mol. The first-order valence-corrected chi connectivity index (χ1v) is 7.25. The van der Waals surface area contributed by atoms with Crippen LogP contribution in [0.4, 0.5) is 0 Å². The van der Waals surface area contributed by atoms with E-state index in [1.807, 2.05) is 17.8 Å². The fourth-order valence-corrected chi connectivity index (χ4v) is 2.82. The molecule has 0 amide bonds. The summed E-state index contributed by atoms with van der Waals surface area (Å²) in [4.78, 5) is 3.76. The molecule has 1 N–H and O–H groups in total. The van der Waals surface area contributed by atoms with Crippen LogP contribution in [0.15, 0.2) is 23.1 Å². The van der Waals surface area contributed by atoms with Gasteiger partial charge in [0.2, 0.25) is 0 Å². The van der Waals surface area contributed by atoms with Crippen molar-refractivity contribution in [3.8, 4) is 0 Å². The number of hydrogen-bond donors (Lipinski definition) is 1. The quantitative estimate of drug-likeness (QED) is 0.756. The molecule has 0 bridgehead atoms. The van der Waals surface area contributed by atoms with E-state index in [0.29, 0.717) is 0 Å². The van der Waals surface area contributed by atoms with E-state index < -0.39 is 0 Å². The van der Waals surface area contributed by atoms with Crippen LogP contribution in [0.3, 0.4) is 0 Å². The van der Waals surface area contributed by atoms with Crippen LogP contribution in [-0.4, -0.2) is 35.4 Å². The van der Waals surface area contributed by atoms with Crippen molar-refractivity contribution in [2.24, 2.45) is 0 Å². The third-order valence-corrected chi connectivity index (χ3v) is 4.14. The molecule has 0 unspecified atom stereocenters. The normalized spacial score (nSPS) is 11.1. The van der Waals surface area contributed by atoms with Gasteiger partial charge in [0.15, 0.2) is 0 Å². The summed E-state index contributed by atoms with van der Waals surface area (Å²) >= 11 is 1.90. The highest BCUT2D eigenvalue weighted by atomic mass is 32.2. The molecule has 0 spiro atoms. The van der Waals surface area contributed by atoms with Gasteiger partial charge in [0.25, 0.3) is 0 Å². The zero-order chi connectivity index (χ0) is 12.7. The Labute approximate surface area is 109 Å². The minimum absolute atomic E-state index is 0.130. The van der Waals surface area contributed by atoms with Crippen molar-refractivity contribution < 1.29 is 5.11 Å². The van der Waals surface area contributed by atoms with E-state index in [1.54, 1.807) is 0 Å². The summed E-state index contributed by atoms with van der Waals surface area (Å²) in [5.74, 6) is 1.13. The number of aliphatic hydroxyl groups is 1. The minimum Gasteiger partial charge on any atom is -0.392 e. The molecule has 0 aliphatic rings. The fourth-order valence-electron chi connectivity index (χ4n) is 1.80. The molecular formula is C14H23NOS. The van der Waals surface area contributed by atoms with Crippen molar-refractivity contribution in [1.82, 2.24) is 4.90 Å². The molecular weight excluding hydrogens is 230 g/mol. The van der Waals surface area contributed by atoms with Crippen LogP contribution in [0.2, 0.25) is 0 Å². The number of hydrogen-bond acceptors (Lipinski definition) is 3. The van der Waals surface area contributed by atoms with E-state index in [1.165, 1.54) is 10.5 Å². The van der Waals surface area contributed by atoms with Crippen molar-refractivity contribution in [3.63, 3.8) is 0 Å². The highest BCUT2D eigenvalue weighted by Gasteiger charge is 2.03. The predicted octanol–water partition coefficient (Wildman–Crippen LogP) is 2.92. The highest BCUT2D eigenvalue weighted by molar-refractivity contribution is 7.99. The Balaban J connectivity index is 2.46. The zero-order valence-electron chi connectivity index (χ0n) is 11.1. The maximum atomic E-state index is 9.05. The number of thioether (sulfide) groups is 1. The first-order chi connectivity index (χ1) is 8.21. The summed E-state index contributed by atoms with van der Waals surface area (Å²) in [6.07, 6.45) is 0. The maximum absolute atomic E-state index is 9.05. The molecule has 3 heteroatoms. The summed E-state index contributed by atoms with van der Waals surface area (Å²) in [7, 11) is 0. The van der Waals surface area contributed by atoms with E-state index in [4.69, 9.17) is 5.11 Å². The standard InChI is InChI=1S/C14H23NOS/c1-4-15(5-2)8-9-17-14-7-6-13(11-16)10-12(14)3/h6-7,10,16H,4-5,8-9,11H2,1-3H3. The monoisotopic (exact) mass is 253 g/mol. The van der Waals surface area contributed by atoms with Gasteiger partial charge in [-0.15, -0.1) is 11.8 Å². The summed E-state index contributed by atoms with van der Waals surface area (Å²) in [6, 6.07) is 6.19. The number of aliphatic hydroxyl groups excluding tert-OH is 1. The average Bonchev–Trinajstić information content (AvgIpc) is 2.36. The molecule has 0 heterocycles. The lowest BCUT2D eigenvalue weighted by atomic mass is 10.1. The van der Waals surface area contributed by atoms with Gasteiger partial charge in [-0.05, 0) is 37.2 Å². The number of aryl methyl sites for hydroxylation is 1. The minimum atomic E-state index is 0.130. The van der Waals surface area contributed by atoms with E-state index in [-0.39, 0.29) is 6.61 Å². The first-order valence-electron chi connectivity index (χ1n) is 6.26. The van der Waals surface area contributed by atoms with Crippen LogP contribution in [0.5, 0.6) is 0 Å². The molecule has 1 aromatic rings. The molecule has 2 nitrogen and oxygen atoms in total. The van der Waals surface area contributed by atoms with Crippen LogP contribution in [0.25, 0.3) is 0 Å². The van der Waals surface area contributed by atoms with Crippen molar-refractivity contribution in [3.05, 3.63) is 29.3 Å². The van der Waals surface area contributed by atoms with Gasteiger partial charge in [-0.25, -0.2) is 0 Å². The molecule has 0 aromatic heterocycles. The van der Waals surface area contributed by atoms with Gasteiger partial charge < -0.3 is 10.0 Å². The van der Waals surface area contributed by atoms with Crippen LogP contribution in [0.1, 0.15) is 25.0 Å². The van der Waals surface area contributed by atoms with Crippen LogP contribution in [0, 0.1) is 6.92 Å². The maximum Gasteiger partial charge on any atom is 0.0681 e. The lowest BCUT2D eigenvalue weighted by Crippen LogP contribution is -2.25. The second kappa shape index (κ2) is 7.75. The van der Waals surface area contributed by atoms with Gasteiger partial charge in [-0.1, -0.05) is 26.0 Å². The highest BCUT2D eigenvalue weighted by Crippen LogP contribution is 2.23. The molecule has 0 aliphatic heterocycles. The second-order valence-electron chi connectivity index (χ2n) is 4.13. The number of rotatable bonds is 7. The molecule has 1 rings (SSSR count). The lowest BCUT2D eigenvalue weighted by Gasteiger charge is -2.17. The Bertz CT molecular complexity index is 337. The van der Waals surface area contributed by atoms with Crippen LogP contribution in [-0.2, 0) is 6.61 Å². The smallest absolute Gasteiger partial charge is 0.0681 e. The topological polar surface area (TPSA) is 23.5 Å². The van der Waals surface area contributed by atoms with Crippen LogP contribution >= 0.6 is 11.8 Å². The number of nitrogens with zero attached hydrogens (tertiary/aromatic N) is 1. The molecule has 0 saturated heterocycles. The van der Waals surface area contributed by atoms with Crippen molar-refractivity contribution in [1.29, 1.82) is 0 Å². The molecule has 0 saturated carbocycles. The van der Waals surface area contributed by atoms with Gasteiger partial charge in [-0.3, -0.25) is 0 Å². The molecule has 0 atom stereocenters. The van der Waals surface area contributed by atoms with Gasteiger partial charge in [-0.2, -0.15) is 0 Å². The largest absolute Gasteiger partial charge is 0.392 e. The Hall–Kier alpha value is -0.510. The van der Waals surface area contributed by atoms with Gasteiger partial charge in [0.1, 0.15) is 0 Å². The molecule has 0 aliphatic carbocycles. The third-order valence-electron chi connectivity index (χ3n) is 2.98. The van der Waals surface area contributed by atoms with Crippen LogP contribution < -0.4 is 0 Å². The Morgan fingerprint density at radius 3 is 2.47 bits per heavy atom. The Morgan fingerprint density at radius 1 is 1.24 bits per heavy atom. The molecule has 1 aromatic carbocycles. The van der Waals surface area contributed by atoms with Crippen molar-refractivity contribution in [2.75, 3.05) is 25.4 Å². The van der Waals surface area contributed by atoms with E-state index >= 15 is 0 Å².